The lowest BCUT2D eigenvalue weighted by molar-refractivity contribution is -0.117. The molecule has 2 saturated heterocycles. The number of hydrogen-bond acceptors (Lipinski definition) is 5. The van der Waals surface area contributed by atoms with Crippen LogP contribution in [0.25, 0.3) is 0 Å². The summed E-state index contributed by atoms with van der Waals surface area (Å²) in [6, 6.07) is 12.3. The average Bonchev–Trinajstić information content (AvgIpc) is 3.34. The van der Waals surface area contributed by atoms with Crippen LogP contribution in [0, 0.1) is 27.7 Å². The molecule has 3 aliphatic rings. The number of carbonyl (C=O) groups is 2. The summed E-state index contributed by atoms with van der Waals surface area (Å²) in [7, 11) is 0. The molecule has 0 saturated carbocycles. The number of anilines is 1. The maximum Gasteiger partial charge on any atom is 0.340 e. The first-order valence-corrected chi connectivity index (χ1v) is 11.3. The molecular formula is C25H30N6O2. The summed E-state index contributed by atoms with van der Waals surface area (Å²) in [6.45, 7) is 8.22. The Labute approximate surface area is 194 Å². The predicted octanol–water partition coefficient (Wildman–Crippen LogP) is 3.23. The summed E-state index contributed by atoms with van der Waals surface area (Å²) in [5, 5.41) is 6.36. The molecular weight excluding hydrogens is 416 g/mol. The zero-order chi connectivity index (χ0) is 23.3. The lowest BCUT2D eigenvalue weighted by Crippen LogP contribution is -2.54. The van der Waals surface area contributed by atoms with E-state index in [-0.39, 0.29) is 36.7 Å². The van der Waals surface area contributed by atoms with Gasteiger partial charge in [-0.25, -0.2) is 20.7 Å². The number of carbonyl (C=O) groups excluding carboxylic acids is 2. The van der Waals surface area contributed by atoms with Crippen molar-refractivity contribution in [2.24, 2.45) is 0 Å². The molecule has 2 aromatic rings. The molecule has 5 rings (SSSR count). The largest absolute Gasteiger partial charge is 0.340 e. The second-order valence-corrected chi connectivity index (χ2v) is 9.23. The van der Waals surface area contributed by atoms with Crippen molar-refractivity contribution in [2.75, 3.05) is 11.9 Å². The van der Waals surface area contributed by atoms with E-state index in [1.165, 1.54) is 27.3 Å². The van der Waals surface area contributed by atoms with E-state index in [0.29, 0.717) is 0 Å². The normalized spacial score (nSPS) is 23.7. The van der Waals surface area contributed by atoms with Gasteiger partial charge in [0.25, 0.3) is 0 Å². The quantitative estimate of drug-likeness (QED) is 0.672. The second kappa shape index (κ2) is 8.20. The van der Waals surface area contributed by atoms with E-state index in [2.05, 4.69) is 53.2 Å². The third kappa shape index (κ3) is 3.96. The first kappa shape index (κ1) is 21.5. The van der Waals surface area contributed by atoms with Crippen molar-refractivity contribution in [3.8, 4) is 0 Å². The Morgan fingerprint density at radius 2 is 1.70 bits per heavy atom. The number of nitrogens with one attached hydrogen (secondary N) is 3. The lowest BCUT2D eigenvalue weighted by atomic mass is 9.97. The molecule has 0 radical (unpaired) electrons. The smallest absolute Gasteiger partial charge is 0.324 e. The molecule has 3 unspecified atom stereocenters. The van der Waals surface area contributed by atoms with Gasteiger partial charge in [0.2, 0.25) is 5.91 Å². The fourth-order valence-corrected chi connectivity index (χ4v) is 4.69. The van der Waals surface area contributed by atoms with Gasteiger partial charge in [-0.3, -0.25) is 9.69 Å². The van der Waals surface area contributed by atoms with E-state index in [4.69, 9.17) is 0 Å². The summed E-state index contributed by atoms with van der Waals surface area (Å²) in [6.07, 6.45) is 4.28. The molecule has 3 aliphatic heterocycles. The molecule has 0 spiro atoms. The molecule has 0 aliphatic carbocycles. The lowest BCUT2D eigenvalue weighted by Gasteiger charge is -2.34. The molecule has 3 N–H and O–H groups in total. The van der Waals surface area contributed by atoms with Gasteiger partial charge in [0.05, 0.1) is 12.1 Å². The summed E-state index contributed by atoms with van der Waals surface area (Å²) >= 11 is 0. The van der Waals surface area contributed by atoms with Crippen LogP contribution in [0.1, 0.15) is 40.3 Å². The first-order chi connectivity index (χ1) is 15.8. The highest BCUT2D eigenvalue weighted by atomic mass is 16.2. The zero-order valence-electron chi connectivity index (χ0n) is 19.4. The molecule has 8 heteroatoms. The van der Waals surface area contributed by atoms with E-state index in [9.17, 15) is 9.59 Å². The van der Waals surface area contributed by atoms with Crippen molar-refractivity contribution < 1.29 is 9.59 Å². The van der Waals surface area contributed by atoms with Gasteiger partial charge >= 0.3 is 6.03 Å². The number of urea groups is 1. The van der Waals surface area contributed by atoms with Crippen LogP contribution < -0.4 is 16.2 Å². The highest BCUT2D eigenvalue weighted by Gasteiger charge is 2.48. The average molecular weight is 447 g/mol. The minimum Gasteiger partial charge on any atom is -0.324 e. The Balaban J connectivity index is 1.25. The van der Waals surface area contributed by atoms with E-state index < -0.39 is 0 Å². The van der Waals surface area contributed by atoms with E-state index in [1.807, 2.05) is 38.2 Å². The van der Waals surface area contributed by atoms with Crippen molar-refractivity contribution in [1.29, 1.82) is 0 Å². The number of fused-ring (bicyclic) bond motifs is 3. The van der Waals surface area contributed by atoms with Gasteiger partial charge in [-0.1, -0.05) is 24.3 Å². The van der Waals surface area contributed by atoms with Crippen LogP contribution in [0.4, 0.5) is 10.5 Å². The van der Waals surface area contributed by atoms with Crippen LogP contribution in [0.2, 0.25) is 0 Å². The number of benzene rings is 2. The minimum atomic E-state index is -0.239. The molecule has 3 heterocycles. The fourth-order valence-electron chi connectivity index (χ4n) is 4.69. The standard InChI is InChI=1S/C25H30N6O2/c1-15-5-7-19(11-17(15)3)21-13-22-24-28-31(25(33)29(24)9-10-30(22)27-21)14-23(32)26-20-8-6-16(2)18(4)12-20/h5-12,21-22,24,27-28H,13-14H2,1-4H3,(H,26,32). The molecule has 0 bridgehead atoms. The van der Waals surface area contributed by atoms with Gasteiger partial charge < -0.3 is 10.3 Å². The van der Waals surface area contributed by atoms with Crippen LogP contribution in [0.3, 0.4) is 0 Å². The highest BCUT2D eigenvalue weighted by Crippen LogP contribution is 2.35. The first-order valence-electron chi connectivity index (χ1n) is 11.3. The maximum absolute atomic E-state index is 13.0. The Bertz CT molecular complexity index is 1150. The molecule has 8 nitrogen and oxygen atoms in total. The van der Waals surface area contributed by atoms with Crippen molar-refractivity contribution in [1.82, 2.24) is 25.8 Å². The minimum absolute atomic E-state index is 0.0540. The monoisotopic (exact) mass is 446 g/mol. The van der Waals surface area contributed by atoms with Crippen LogP contribution in [-0.2, 0) is 4.79 Å². The Kier molecular flexibility index (Phi) is 5.34. The topological polar surface area (TPSA) is 80.0 Å². The summed E-state index contributed by atoms with van der Waals surface area (Å²) < 4.78 is 0. The van der Waals surface area contributed by atoms with Gasteiger partial charge in [0.1, 0.15) is 12.7 Å². The van der Waals surface area contributed by atoms with Crippen molar-refractivity contribution >= 4 is 17.6 Å². The van der Waals surface area contributed by atoms with Gasteiger partial charge in [0.15, 0.2) is 0 Å². The number of hydrazine groups is 2. The molecule has 3 amide bonds. The summed E-state index contributed by atoms with van der Waals surface area (Å²) in [4.78, 5) is 27.3. The molecule has 0 aromatic heterocycles. The van der Waals surface area contributed by atoms with Gasteiger partial charge in [-0.05, 0) is 74.1 Å². The third-order valence-corrected chi connectivity index (χ3v) is 6.96. The SMILES string of the molecule is Cc1ccc(NC(=O)CN2NC3C4CC(c5ccc(C)c(C)c5)NN4C=CN3C2=O)cc1C. The Morgan fingerprint density at radius 1 is 0.970 bits per heavy atom. The van der Waals surface area contributed by atoms with Gasteiger partial charge in [0, 0.05) is 18.1 Å². The second-order valence-electron chi connectivity index (χ2n) is 9.23. The molecule has 3 atom stereocenters. The third-order valence-electron chi connectivity index (χ3n) is 6.96. The van der Waals surface area contributed by atoms with Crippen LogP contribution in [-0.4, -0.2) is 45.6 Å². The maximum atomic E-state index is 13.0. The molecule has 2 aromatic carbocycles. The number of amides is 3. The molecule has 2 fully saturated rings. The predicted molar refractivity (Wildman–Crippen MR) is 127 cm³/mol. The summed E-state index contributed by atoms with van der Waals surface area (Å²) in [5.41, 5.74) is 13.6. The number of nitrogens with zero attached hydrogens (tertiary/aromatic N) is 3. The molecule has 33 heavy (non-hydrogen) atoms. The summed E-state index contributed by atoms with van der Waals surface area (Å²) in [5.74, 6) is -0.239. The number of aryl methyl sites for hydroxylation is 4. The van der Waals surface area contributed by atoms with E-state index in [0.717, 1.165) is 17.7 Å². The number of rotatable bonds is 4. The van der Waals surface area contributed by atoms with Crippen molar-refractivity contribution in [3.63, 3.8) is 0 Å². The van der Waals surface area contributed by atoms with Gasteiger partial charge in [-0.15, -0.1) is 0 Å². The number of hydrogen-bond donors (Lipinski definition) is 3. The highest BCUT2D eigenvalue weighted by molar-refractivity contribution is 5.94. The zero-order valence-corrected chi connectivity index (χ0v) is 19.4. The van der Waals surface area contributed by atoms with Crippen molar-refractivity contribution in [2.45, 2.75) is 52.4 Å². The van der Waals surface area contributed by atoms with Crippen LogP contribution in [0.15, 0.2) is 48.8 Å². The fraction of sp³-hybridized carbons (Fsp3) is 0.360. The molecule has 172 valence electrons. The van der Waals surface area contributed by atoms with E-state index >= 15 is 0 Å². The van der Waals surface area contributed by atoms with Crippen LogP contribution in [0.5, 0.6) is 0 Å². The van der Waals surface area contributed by atoms with E-state index in [1.54, 1.807) is 11.1 Å². The van der Waals surface area contributed by atoms with Gasteiger partial charge in [-0.2, -0.15) is 0 Å². The van der Waals surface area contributed by atoms with Crippen molar-refractivity contribution in [3.05, 3.63) is 76.6 Å². The Hall–Kier alpha value is -3.36. The van der Waals surface area contributed by atoms with Crippen LogP contribution >= 0.6 is 0 Å². The Morgan fingerprint density at radius 3 is 2.42 bits per heavy atom.